The number of ether oxygens (including phenoxy) is 1. The molecular formula is C12H12ClFO2. The first-order valence-electron chi connectivity index (χ1n) is 4.85. The Kier molecular flexibility index (Phi) is 4.50. The van der Waals surface area contributed by atoms with Crippen LogP contribution in [0.3, 0.4) is 0 Å². The normalized spacial score (nSPS) is 10.8. The summed E-state index contributed by atoms with van der Waals surface area (Å²) in [6.07, 6.45) is 2.52. The third-order valence-corrected chi connectivity index (χ3v) is 2.37. The van der Waals surface area contributed by atoms with Gasteiger partial charge >= 0.3 is 5.97 Å². The molecule has 0 saturated carbocycles. The zero-order valence-electron chi connectivity index (χ0n) is 9.09. The topological polar surface area (TPSA) is 26.3 Å². The SMILES string of the molecule is CCOC(=O)C=Cc1cc(Cl)c(C)cc1F. The molecule has 16 heavy (non-hydrogen) atoms. The lowest BCUT2D eigenvalue weighted by molar-refractivity contribution is -0.137. The fraction of sp³-hybridized carbons (Fsp3) is 0.250. The minimum absolute atomic E-state index is 0.267. The summed E-state index contributed by atoms with van der Waals surface area (Å²) < 4.78 is 18.1. The second-order valence-electron chi connectivity index (χ2n) is 3.21. The van der Waals surface area contributed by atoms with Crippen LogP contribution >= 0.6 is 11.6 Å². The van der Waals surface area contributed by atoms with Crippen molar-refractivity contribution in [3.63, 3.8) is 0 Å². The average Bonchev–Trinajstić information content (AvgIpc) is 2.22. The van der Waals surface area contributed by atoms with Gasteiger partial charge in [-0.05, 0) is 37.6 Å². The highest BCUT2D eigenvalue weighted by Crippen LogP contribution is 2.20. The number of hydrogen-bond acceptors (Lipinski definition) is 2. The van der Waals surface area contributed by atoms with E-state index in [0.717, 1.165) is 0 Å². The molecule has 0 saturated heterocycles. The molecule has 4 heteroatoms. The van der Waals surface area contributed by atoms with E-state index in [1.165, 1.54) is 24.3 Å². The number of carbonyl (C=O) groups excluding carboxylic acids is 1. The van der Waals surface area contributed by atoms with Gasteiger partial charge in [-0.2, -0.15) is 0 Å². The van der Waals surface area contributed by atoms with Gasteiger partial charge in [-0.3, -0.25) is 0 Å². The molecule has 0 aliphatic carbocycles. The molecule has 1 aromatic rings. The molecule has 0 bridgehead atoms. The van der Waals surface area contributed by atoms with Crippen LogP contribution in [0.15, 0.2) is 18.2 Å². The maximum absolute atomic E-state index is 13.4. The van der Waals surface area contributed by atoms with E-state index in [-0.39, 0.29) is 5.56 Å². The third kappa shape index (κ3) is 3.35. The molecule has 0 unspecified atom stereocenters. The second kappa shape index (κ2) is 5.66. The Labute approximate surface area is 98.7 Å². The minimum atomic E-state index is -0.501. The van der Waals surface area contributed by atoms with Gasteiger partial charge in [0.2, 0.25) is 0 Å². The van der Waals surface area contributed by atoms with Crippen molar-refractivity contribution < 1.29 is 13.9 Å². The molecule has 0 spiro atoms. The molecule has 0 atom stereocenters. The highest BCUT2D eigenvalue weighted by atomic mass is 35.5. The summed E-state index contributed by atoms with van der Waals surface area (Å²) in [6.45, 7) is 3.71. The molecule has 0 aliphatic rings. The summed E-state index contributed by atoms with van der Waals surface area (Å²) in [4.78, 5) is 11.0. The van der Waals surface area contributed by atoms with Crippen molar-refractivity contribution in [2.45, 2.75) is 13.8 Å². The third-order valence-electron chi connectivity index (χ3n) is 1.96. The van der Waals surface area contributed by atoms with E-state index in [2.05, 4.69) is 4.74 Å². The van der Waals surface area contributed by atoms with Crippen LogP contribution in [0.25, 0.3) is 6.08 Å². The van der Waals surface area contributed by atoms with Crippen LogP contribution in [0.2, 0.25) is 5.02 Å². The number of hydrogen-bond donors (Lipinski definition) is 0. The van der Waals surface area contributed by atoms with Crippen molar-refractivity contribution in [1.29, 1.82) is 0 Å². The number of carbonyl (C=O) groups is 1. The first kappa shape index (κ1) is 12.7. The van der Waals surface area contributed by atoms with Crippen molar-refractivity contribution in [2.75, 3.05) is 6.61 Å². The van der Waals surface area contributed by atoms with Gasteiger partial charge in [-0.15, -0.1) is 0 Å². The van der Waals surface area contributed by atoms with Crippen LogP contribution < -0.4 is 0 Å². The molecule has 1 rings (SSSR count). The van der Waals surface area contributed by atoms with Crippen LogP contribution in [0.5, 0.6) is 0 Å². The van der Waals surface area contributed by atoms with Crippen LogP contribution in [0, 0.1) is 12.7 Å². The Morgan fingerprint density at radius 1 is 1.56 bits per heavy atom. The van der Waals surface area contributed by atoms with Crippen molar-refractivity contribution in [3.05, 3.63) is 40.2 Å². The molecular weight excluding hydrogens is 231 g/mol. The molecule has 0 fully saturated rings. The highest BCUT2D eigenvalue weighted by Gasteiger charge is 2.04. The predicted octanol–water partition coefficient (Wildman–Crippen LogP) is 3.36. The maximum atomic E-state index is 13.4. The molecule has 0 radical (unpaired) electrons. The second-order valence-corrected chi connectivity index (χ2v) is 3.62. The van der Waals surface area contributed by atoms with Crippen molar-refractivity contribution in [3.8, 4) is 0 Å². The van der Waals surface area contributed by atoms with Gasteiger partial charge in [-0.1, -0.05) is 11.6 Å². The number of halogens is 2. The Balaban J connectivity index is 2.89. The molecule has 0 heterocycles. The lowest BCUT2D eigenvalue weighted by atomic mass is 10.1. The molecule has 0 amide bonds. The number of benzene rings is 1. The monoisotopic (exact) mass is 242 g/mol. The zero-order chi connectivity index (χ0) is 12.1. The number of rotatable bonds is 3. The molecule has 1 aromatic carbocycles. The first-order valence-corrected chi connectivity index (χ1v) is 5.23. The summed E-state index contributed by atoms with van der Waals surface area (Å²) in [6, 6.07) is 2.80. The predicted molar refractivity (Wildman–Crippen MR) is 61.8 cm³/mol. The van der Waals surface area contributed by atoms with Crippen molar-refractivity contribution in [1.82, 2.24) is 0 Å². The molecule has 0 aromatic heterocycles. The fourth-order valence-electron chi connectivity index (χ4n) is 1.14. The van der Waals surface area contributed by atoms with Crippen molar-refractivity contribution in [2.24, 2.45) is 0 Å². The van der Waals surface area contributed by atoms with Crippen LogP contribution in [0.4, 0.5) is 4.39 Å². The van der Waals surface area contributed by atoms with Gasteiger partial charge in [0.05, 0.1) is 6.61 Å². The molecule has 0 aliphatic heterocycles. The van der Waals surface area contributed by atoms with Gasteiger partial charge < -0.3 is 4.74 Å². The summed E-state index contributed by atoms with van der Waals surface area (Å²) in [5.74, 6) is -0.916. The molecule has 2 nitrogen and oxygen atoms in total. The van der Waals surface area contributed by atoms with E-state index < -0.39 is 11.8 Å². The smallest absolute Gasteiger partial charge is 0.330 e. The van der Waals surface area contributed by atoms with Gasteiger partial charge in [0.25, 0.3) is 0 Å². The lowest BCUT2D eigenvalue weighted by Crippen LogP contribution is -1.98. The van der Waals surface area contributed by atoms with E-state index in [1.807, 2.05) is 0 Å². The standard InChI is InChI=1S/C12H12ClFO2/c1-3-16-12(15)5-4-9-7-10(13)8(2)6-11(9)14/h4-7H,3H2,1-2H3. The zero-order valence-corrected chi connectivity index (χ0v) is 9.84. The summed E-state index contributed by atoms with van der Waals surface area (Å²) in [5.41, 5.74) is 0.927. The fourth-order valence-corrected chi connectivity index (χ4v) is 1.31. The molecule has 86 valence electrons. The Morgan fingerprint density at radius 3 is 2.88 bits per heavy atom. The van der Waals surface area contributed by atoms with Crippen LogP contribution in [-0.4, -0.2) is 12.6 Å². The quantitative estimate of drug-likeness (QED) is 0.600. The van der Waals surface area contributed by atoms with Crippen molar-refractivity contribution >= 4 is 23.6 Å². The van der Waals surface area contributed by atoms with Gasteiger partial charge in [-0.25, -0.2) is 9.18 Å². The summed E-state index contributed by atoms with van der Waals surface area (Å²) in [5, 5.41) is 0.463. The lowest BCUT2D eigenvalue weighted by Gasteiger charge is -2.01. The summed E-state index contributed by atoms with van der Waals surface area (Å²) >= 11 is 5.85. The van der Waals surface area contributed by atoms with Gasteiger partial charge in [0, 0.05) is 16.7 Å². The first-order chi connectivity index (χ1) is 7.54. The maximum Gasteiger partial charge on any atom is 0.330 e. The summed E-state index contributed by atoms with van der Waals surface area (Å²) in [7, 11) is 0. The van der Waals surface area contributed by atoms with Gasteiger partial charge in [0.1, 0.15) is 5.82 Å². The van der Waals surface area contributed by atoms with E-state index >= 15 is 0 Å². The van der Waals surface area contributed by atoms with E-state index in [0.29, 0.717) is 17.2 Å². The average molecular weight is 243 g/mol. The minimum Gasteiger partial charge on any atom is -0.463 e. The Morgan fingerprint density at radius 2 is 2.25 bits per heavy atom. The van der Waals surface area contributed by atoms with Gasteiger partial charge in [0.15, 0.2) is 0 Å². The largest absolute Gasteiger partial charge is 0.463 e. The highest BCUT2D eigenvalue weighted by molar-refractivity contribution is 6.31. The van der Waals surface area contributed by atoms with E-state index in [4.69, 9.17) is 11.6 Å². The molecule has 0 N–H and O–H groups in total. The van der Waals surface area contributed by atoms with E-state index in [9.17, 15) is 9.18 Å². The Bertz CT molecular complexity index is 427. The van der Waals surface area contributed by atoms with E-state index in [1.54, 1.807) is 13.8 Å². The number of aryl methyl sites for hydroxylation is 1. The number of esters is 1. The Hall–Kier alpha value is -1.35. The van der Waals surface area contributed by atoms with Crippen LogP contribution in [-0.2, 0) is 9.53 Å². The van der Waals surface area contributed by atoms with Crippen LogP contribution in [0.1, 0.15) is 18.1 Å².